The summed E-state index contributed by atoms with van der Waals surface area (Å²) in [6.45, 7) is 0.706. The first-order chi connectivity index (χ1) is 13.7. The molecule has 0 atom stereocenters. The first-order valence-electron chi connectivity index (χ1n) is 9.22. The van der Waals surface area contributed by atoms with E-state index in [1.807, 2.05) is 48.8 Å². The van der Waals surface area contributed by atoms with Gasteiger partial charge in [0.05, 0.1) is 12.9 Å². The van der Waals surface area contributed by atoms with Gasteiger partial charge in [0.15, 0.2) is 11.0 Å². The molecule has 1 aromatic heterocycles. The largest absolute Gasteiger partial charge is 0.315 e. The van der Waals surface area contributed by atoms with Crippen LogP contribution >= 0.6 is 35.0 Å². The summed E-state index contributed by atoms with van der Waals surface area (Å²) in [5.74, 6) is 1.80. The lowest BCUT2D eigenvalue weighted by Gasteiger charge is -2.28. The van der Waals surface area contributed by atoms with Gasteiger partial charge in [-0.25, -0.2) is 9.98 Å². The van der Waals surface area contributed by atoms with Crippen molar-refractivity contribution in [3.63, 3.8) is 0 Å². The van der Waals surface area contributed by atoms with Crippen molar-refractivity contribution in [2.75, 3.05) is 4.90 Å². The topological polar surface area (TPSA) is 33.4 Å². The number of imidazole rings is 1. The number of amidine groups is 1. The minimum absolute atomic E-state index is 0.557. The molecule has 1 fully saturated rings. The second kappa shape index (κ2) is 7.47. The van der Waals surface area contributed by atoms with Crippen LogP contribution in [0.4, 0.5) is 11.5 Å². The highest BCUT2D eigenvalue weighted by Gasteiger charge is 2.31. The molecule has 0 N–H and O–H groups in total. The molecule has 0 radical (unpaired) electrons. The highest BCUT2D eigenvalue weighted by molar-refractivity contribution is 8.13. The van der Waals surface area contributed by atoms with Gasteiger partial charge in [-0.1, -0.05) is 47.1 Å². The standard InChI is InChI=1S/C21H18Cl2N4S/c22-15-4-6-17(7-5-15)26-11-19-20(27(13-24-19)18-8-9-18)25-21(26)28-12-14-2-1-3-16(23)10-14/h1-7,10,13,18H,8-9,11-12H2. The molecule has 0 spiro atoms. The summed E-state index contributed by atoms with van der Waals surface area (Å²) < 4.78 is 2.23. The van der Waals surface area contributed by atoms with E-state index >= 15 is 0 Å². The molecule has 4 nitrogen and oxygen atoms in total. The molecule has 1 aliphatic heterocycles. The summed E-state index contributed by atoms with van der Waals surface area (Å²) in [5, 5.41) is 2.45. The van der Waals surface area contributed by atoms with Gasteiger partial charge in [-0.3, -0.25) is 0 Å². The summed E-state index contributed by atoms with van der Waals surface area (Å²) in [7, 11) is 0. The fourth-order valence-corrected chi connectivity index (χ4v) is 4.61. The van der Waals surface area contributed by atoms with Crippen molar-refractivity contribution in [3.05, 3.63) is 76.2 Å². The van der Waals surface area contributed by atoms with Gasteiger partial charge in [-0.2, -0.15) is 0 Å². The summed E-state index contributed by atoms with van der Waals surface area (Å²) in [6.07, 6.45) is 4.37. The Bertz CT molecular complexity index is 1040. The van der Waals surface area contributed by atoms with Crippen molar-refractivity contribution in [2.24, 2.45) is 4.99 Å². The molecule has 5 rings (SSSR count). The van der Waals surface area contributed by atoms with E-state index in [1.54, 1.807) is 11.8 Å². The molecular weight excluding hydrogens is 411 g/mol. The zero-order valence-corrected chi connectivity index (χ0v) is 17.4. The Morgan fingerprint density at radius 2 is 1.86 bits per heavy atom. The second-order valence-electron chi connectivity index (χ2n) is 7.03. The van der Waals surface area contributed by atoms with E-state index in [2.05, 4.69) is 20.5 Å². The Balaban J connectivity index is 1.48. The molecule has 3 aromatic rings. The molecule has 7 heteroatoms. The number of halogens is 2. The van der Waals surface area contributed by atoms with Gasteiger partial charge in [-0.15, -0.1) is 0 Å². The number of thioether (sulfide) groups is 1. The molecule has 2 aromatic carbocycles. The van der Waals surface area contributed by atoms with E-state index < -0.39 is 0 Å². The highest BCUT2D eigenvalue weighted by atomic mass is 35.5. The number of fused-ring (bicyclic) bond motifs is 1. The van der Waals surface area contributed by atoms with Gasteiger partial charge in [0.2, 0.25) is 0 Å². The summed E-state index contributed by atoms with van der Waals surface area (Å²) >= 11 is 14.0. The Hall–Kier alpha value is -1.95. The number of rotatable bonds is 4. The summed E-state index contributed by atoms with van der Waals surface area (Å²) in [4.78, 5) is 11.9. The lowest BCUT2D eigenvalue weighted by atomic mass is 10.2. The van der Waals surface area contributed by atoms with Crippen LogP contribution in [0.2, 0.25) is 10.0 Å². The minimum atomic E-state index is 0.557. The zero-order chi connectivity index (χ0) is 19.1. The van der Waals surface area contributed by atoms with E-state index in [9.17, 15) is 0 Å². The average Bonchev–Trinajstić information content (AvgIpc) is 3.46. The van der Waals surface area contributed by atoms with E-state index in [0.717, 1.165) is 38.2 Å². The van der Waals surface area contributed by atoms with Gasteiger partial charge in [-0.05, 0) is 54.8 Å². The number of hydrogen-bond donors (Lipinski definition) is 0. The lowest BCUT2D eigenvalue weighted by Crippen LogP contribution is -2.31. The van der Waals surface area contributed by atoms with Crippen LogP contribution in [0.1, 0.15) is 30.1 Å². The van der Waals surface area contributed by atoms with Crippen molar-refractivity contribution in [3.8, 4) is 0 Å². The van der Waals surface area contributed by atoms with Crippen LogP contribution in [-0.2, 0) is 12.3 Å². The fraction of sp³-hybridized carbons (Fsp3) is 0.238. The second-order valence-corrected chi connectivity index (χ2v) is 8.84. The van der Waals surface area contributed by atoms with Gasteiger partial charge in [0.1, 0.15) is 5.69 Å². The normalized spacial score (nSPS) is 16.1. The maximum atomic E-state index is 6.15. The van der Waals surface area contributed by atoms with Crippen molar-refractivity contribution in [2.45, 2.75) is 31.2 Å². The monoisotopic (exact) mass is 428 g/mol. The van der Waals surface area contributed by atoms with E-state index in [1.165, 1.54) is 18.4 Å². The first kappa shape index (κ1) is 18.1. The number of aromatic nitrogens is 2. The molecule has 0 unspecified atom stereocenters. The third-order valence-electron chi connectivity index (χ3n) is 4.92. The van der Waals surface area contributed by atoms with Crippen LogP contribution in [0.15, 0.2) is 59.9 Å². The number of hydrogen-bond acceptors (Lipinski definition) is 4. The fourth-order valence-electron chi connectivity index (χ4n) is 3.32. The first-order valence-corrected chi connectivity index (χ1v) is 11.0. The molecule has 142 valence electrons. The molecule has 0 amide bonds. The number of anilines is 1. The van der Waals surface area contributed by atoms with Gasteiger partial charge >= 0.3 is 0 Å². The summed E-state index contributed by atoms with van der Waals surface area (Å²) in [5.41, 5.74) is 3.26. The molecule has 1 aliphatic carbocycles. The molecule has 0 bridgehead atoms. The molecule has 28 heavy (non-hydrogen) atoms. The molecule has 1 saturated carbocycles. The van der Waals surface area contributed by atoms with Crippen LogP contribution in [0.25, 0.3) is 0 Å². The minimum Gasteiger partial charge on any atom is -0.315 e. The quantitative estimate of drug-likeness (QED) is 0.477. The van der Waals surface area contributed by atoms with Crippen molar-refractivity contribution < 1.29 is 0 Å². The number of aliphatic imine (C=N–C) groups is 1. The third kappa shape index (κ3) is 3.66. The van der Waals surface area contributed by atoms with Gasteiger partial charge < -0.3 is 9.47 Å². The van der Waals surface area contributed by atoms with Crippen LogP contribution in [0.5, 0.6) is 0 Å². The van der Waals surface area contributed by atoms with Crippen LogP contribution < -0.4 is 4.90 Å². The van der Waals surface area contributed by atoms with Crippen LogP contribution in [0, 0.1) is 0 Å². The van der Waals surface area contributed by atoms with E-state index in [0.29, 0.717) is 12.6 Å². The van der Waals surface area contributed by atoms with Crippen LogP contribution in [0.3, 0.4) is 0 Å². The summed E-state index contributed by atoms with van der Waals surface area (Å²) in [6, 6.07) is 16.4. The SMILES string of the molecule is Clc1ccc(N2Cc3ncn(C4CC4)c3N=C2SCc2cccc(Cl)c2)cc1. The van der Waals surface area contributed by atoms with Gasteiger partial charge in [0, 0.05) is 27.5 Å². The lowest BCUT2D eigenvalue weighted by molar-refractivity contribution is 0.741. The van der Waals surface area contributed by atoms with Crippen molar-refractivity contribution in [1.29, 1.82) is 0 Å². The van der Waals surface area contributed by atoms with E-state index in [-0.39, 0.29) is 0 Å². The Morgan fingerprint density at radius 3 is 2.61 bits per heavy atom. The van der Waals surface area contributed by atoms with Crippen LogP contribution in [-0.4, -0.2) is 14.7 Å². The Kier molecular flexibility index (Phi) is 4.83. The Morgan fingerprint density at radius 1 is 1.04 bits per heavy atom. The maximum absolute atomic E-state index is 6.15. The molecule has 0 saturated heterocycles. The molecular formula is C21H18Cl2N4S. The molecule has 2 aliphatic rings. The van der Waals surface area contributed by atoms with E-state index in [4.69, 9.17) is 28.2 Å². The predicted molar refractivity (Wildman–Crippen MR) is 118 cm³/mol. The average molecular weight is 429 g/mol. The molecule has 2 heterocycles. The zero-order valence-electron chi connectivity index (χ0n) is 15.1. The Labute approximate surface area is 178 Å². The smallest absolute Gasteiger partial charge is 0.171 e. The van der Waals surface area contributed by atoms with Gasteiger partial charge in [0.25, 0.3) is 0 Å². The number of benzene rings is 2. The predicted octanol–water partition coefficient (Wildman–Crippen LogP) is 6.47. The number of nitrogens with zero attached hydrogens (tertiary/aromatic N) is 4. The van der Waals surface area contributed by atoms with Crippen molar-refractivity contribution in [1.82, 2.24) is 9.55 Å². The van der Waals surface area contributed by atoms with Crippen molar-refractivity contribution >= 4 is 51.6 Å². The third-order valence-corrected chi connectivity index (χ3v) is 6.45. The highest BCUT2D eigenvalue weighted by Crippen LogP contribution is 2.42. The maximum Gasteiger partial charge on any atom is 0.171 e.